The fourth-order valence-electron chi connectivity index (χ4n) is 6.14. The topological polar surface area (TPSA) is 17.1 Å². The van der Waals surface area contributed by atoms with E-state index in [-0.39, 0.29) is 5.78 Å². The van der Waals surface area contributed by atoms with E-state index < -0.39 is 10.8 Å². The molecule has 0 spiro atoms. The zero-order valence-corrected chi connectivity index (χ0v) is 18.4. The molecule has 33 heavy (non-hydrogen) atoms. The molecule has 1 fully saturated rings. The summed E-state index contributed by atoms with van der Waals surface area (Å²) in [6.07, 6.45) is 0.616. The second-order valence-corrected chi connectivity index (χ2v) is 8.98. The highest BCUT2D eigenvalue weighted by Gasteiger charge is 2.69. The first-order valence-electron chi connectivity index (χ1n) is 11.4. The van der Waals surface area contributed by atoms with Crippen LogP contribution < -0.4 is 0 Å². The maximum absolute atomic E-state index is 14.9. The van der Waals surface area contributed by atoms with Gasteiger partial charge in [0, 0.05) is 0 Å². The number of carbonyl (C=O) groups excluding carboxylic acids is 1. The molecule has 0 heterocycles. The summed E-state index contributed by atoms with van der Waals surface area (Å²) >= 11 is 0. The molecule has 1 nitrogen and oxygen atoms in total. The van der Waals surface area contributed by atoms with Crippen molar-refractivity contribution in [2.75, 3.05) is 0 Å². The molecule has 0 aromatic heterocycles. The summed E-state index contributed by atoms with van der Waals surface area (Å²) in [5.41, 5.74) is 5.74. The summed E-state index contributed by atoms with van der Waals surface area (Å²) in [5, 5.41) is 0. The van der Waals surface area contributed by atoms with Crippen LogP contribution >= 0.6 is 0 Å². The highest BCUT2D eigenvalue weighted by molar-refractivity contribution is 6.31. The molecule has 6 rings (SSSR count). The Morgan fingerprint density at radius 2 is 0.970 bits per heavy atom. The van der Waals surface area contributed by atoms with Crippen molar-refractivity contribution in [2.24, 2.45) is 0 Å². The van der Waals surface area contributed by atoms with E-state index in [9.17, 15) is 4.79 Å². The standard InChI is InChI=1S/C32H24O/c1-23-22-31(26-18-10-4-11-19-26)28(24-14-6-2-7-15-24)29(25-16-8-3-9-17-25)32(23,30(31)33)27-20-12-5-13-21-27/h2-21H,1,22H2/t31-,32-/m0/s1. The van der Waals surface area contributed by atoms with E-state index in [0.29, 0.717) is 6.42 Å². The van der Waals surface area contributed by atoms with Crippen LogP contribution in [0.3, 0.4) is 0 Å². The first-order valence-corrected chi connectivity index (χ1v) is 11.4. The number of allylic oxidation sites excluding steroid dienone is 3. The van der Waals surface area contributed by atoms with E-state index in [1.807, 2.05) is 48.5 Å². The van der Waals surface area contributed by atoms with Crippen molar-refractivity contribution in [3.05, 3.63) is 156 Å². The number of carbonyl (C=O) groups is 1. The summed E-state index contributed by atoms with van der Waals surface area (Å²) in [6.45, 7) is 4.56. The van der Waals surface area contributed by atoms with Crippen molar-refractivity contribution in [3.63, 3.8) is 0 Å². The van der Waals surface area contributed by atoms with Gasteiger partial charge in [0.15, 0.2) is 5.78 Å². The minimum atomic E-state index is -0.871. The molecule has 0 amide bonds. The van der Waals surface area contributed by atoms with E-state index in [2.05, 4.69) is 79.4 Å². The lowest BCUT2D eigenvalue weighted by atomic mass is 9.66. The maximum Gasteiger partial charge on any atom is 0.167 e. The number of fused-ring (bicyclic) bond motifs is 2. The number of Topliss-reactive ketones (excluding diaryl/α,β-unsaturated/α-hetero) is 1. The quantitative estimate of drug-likeness (QED) is 0.322. The predicted octanol–water partition coefficient (Wildman–Crippen LogP) is 7.02. The molecule has 2 aliphatic carbocycles. The highest BCUT2D eigenvalue weighted by atomic mass is 16.1. The van der Waals surface area contributed by atoms with Crippen LogP contribution in [0.1, 0.15) is 28.7 Å². The van der Waals surface area contributed by atoms with Crippen LogP contribution in [0.2, 0.25) is 0 Å². The number of rotatable bonds is 4. The lowest BCUT2D eigenvalue weighted by Crippen LogP contribution is -2.36. The van der Waals surface area contributed by atoms with Crippen LogP contribution in [0.5, 0.6) is 0 Å². The average Bonchev–Trinajstić information content (AvgIpc) is 3.26. The van der Waals surface area contributed by atoms with Crippen molar-refractivity contribution in [2.45, 2.75) is 17.3 Å². The van der Waals surface area contributed by atoms with Crippen molar-refractivity contribution in [1.82, 2.24) is 0 Å². The number of hydrogen-bond acceptors (Lipinski definition) is 1. The minimum absolute atomic E-state index is 0.218. The molecule has 0 saturated heterocycles. The Morgan fingerprint density at radius 3 is 1.48 bits per heavy atom. The first-order chi connectivity index (χ1) is 16.2. The van der Waals surface area contributed by atoms with E-state index in [1.165, 1.54) is 0 Å². The van der Waals surface area contributed by atoms with Gasteiger partial charge in [-0.15, -0.1) is 0 Å². The molecule has 2 aliphatic rings. The third-order valence-corrected chi connectivity index (χ3v) is 7.39. The monoisotopic (exact) mass is 424 g/mol. The summed E-state index contributed by atoms with van der Waals surface area (Å²) in [6, 6.07) is 41.3. The van der Waals surface area contributed by atoms with Crippen molar-refractivity contribution >= 4 is 16.9 Å². The van der Waals surface area contributed by atoms with Gasteiger partial charge in [-0.25, -0.2) is 0 Å². The normalized spacial score (nSPS) is 23.9. The van der Waals surface area contributed by atoms with Crippen molar-refractivity contribution < 1.29 is 4.79 Å². The Bertz CT molecular complexity index is 1380. The van der Waals surface area contributed by atoms with Gasteiger partial charge < -0.3 is 0 Å². The Morgan fingerprint density at radius 1 is 0.545 bits per heavy atom. The van der Waals surface area contributed by atoms with Crippen molar-refractivity contribution in [3.8, 4) is 0 Å². The van der Waals surface area contributed by atoms with Gasteiger partial charge in [-0.05, 0) is 39.8 Å². The molecule has 1 heteroatoms. The van der Waals surface area contributed by atoms with Gasteiger partial charge in [0.05, 0.1) is 5.41 Å². The molecule has 158 valence electrons. The zero-order chi connectivity index (χ0) is 22.5. The SMILES string of the molecule is C=C1C[C@@]2(c3ccccc3)C(=O)[C@@]1(c1ccccc1)C(c1ccccc1)=C2c1ccccc1. The van der Waals surface area contributed by atoms with Gasteiger partial charge in [-0.2, -0.15) is 0 Å². The van der Waals surface area contributed by atoms with Crippen LogP contribution in [-0.4, -0.2) is 5.78 Å². The Labute approximate surface area is 194 Å². The number of hydrogen-bond donors (Lipinski definition) is 0. The number of benzene rings is 4. The molecular formula is C32H24O. The zero-order valence-electron chi connectivity index (χ0n) is 18.4. The van der Waals surface area contributed by atoms with Crippen LogP contribution in [0.4, 0.5) is 0 Å². The summed E-state index contributed by atoms with van der Waals surface area (Å²) in [4.78, 5) is 14.9. The van der Waals surface area contributed by atoms with E-state index in [0.717, 1.165) is 39.0 Å². The highest BCUT2D eigenvalue weighted by Crippen LogP contribution is 2.69. The fraction of sp³-hybridized carbons (Fsp3) is 0.0938. The first kappa shape index (κ1) is 19.7. The van der Waals surface area contributed by atoms with Crippen LogP contribution in [0.25, 0.3) is 11.1 Å². The van der Waals surface area contributed by atoms with E-state index >= 15 is 0 Å². The number of ketones is 1. The fourth-order valence-corrected chi connectivity index (χ4v) is 6.14. The smallest absolute Gasteiger partial charge is 0.167 e. The molecule has 0 unspecified atom stereocenters. The van der Waals surface area contributed by atoms with Crippen molar-refractivity contribution in [1.29, 1.82) is 0 Å². The second kappa shape index (κ2) is 7.28. The van der Waals surface area contributed by atoms with Gasteiger partial charge in [-0.1, -0.05) is 133 Å². The molecule has 0 N–H and O–H groups in total. The van der Waals surface area contributed by atoms with Crippen LogP contribution in [0, 0.1) is 0 Å². The van der Waals surface area contributed by atoms with Gasteiger partial charge in [0.25, 0.3) is 0 Å². The molecule has 4 aromatic rings. The molecular weight excluding hydrogens is 400 g/mol. The van der Waals surface area contributed by atoms with Crippen LogP contribution in [-0.2, 0) is 15.6 Å². The van der Waals surface area contributed by atoms with Gasteiger partial charge >= 0.3 is 0 Å². The summed E-state index contributed by atoms with van der Waals surface area (Å²) in [7, 11) is 0. The largest absolute Gasteiger partial charge is 0.297 e. The molecule has 2 atom stereocenters. The average molecular weight is 425 g/mol. The Kier molecular flexibility index (Phi) is 4.35. The lowest BCUT2D eigenvalue weighted by molar-refractivity contribution is -0.122. The van der Waals surface area contributed by atoms with Gasteiger partial charge in [0.2, 0.25) is 0 Å². The molecule has 4 aromatic carbocycles. The van der Waals surface area contributed by atoms with Gasteiger partial charge in [0.1, 0.15) is 5.41 Å². The maximum atomic E-state index is 14.9. The predicted molar refractivity (Wildman–Crippen MR) is 135 cm³/mol. The molecule has 0 aliphatic heterocycles. The summed E-state index contributed by atoms with van der Waals surface area (Å²) in [5.74, 6) is 0.218. The Hall–Kier alpha value is -3.97. The third kappa shape index (κ3) is 2.51. The molecule has 2 bridgehead atoms. The molecule has 1 saturated carbocycles. The van der Waals surface area contributed by atoms with E-state index in [1.54, 1.807) is 0 Å². The van der Waals surface area contributed by atoms with Crippen LogP contribution in [0.15, 0.2) is 133 Å². The second-order valence-electron chi connectivity index (χ2n) is 8.98. The van der Waals surface area contributed by atoms with E-state index in [4.69, 9.17) is 0 Å². The van der Waals surface area contributed by atoms with Gasteiger partial charge in [-0.3, -0.25) is 4.79 Å². The lowest BCUT2D eigenvalue weighted by Gasteiger charge is -2.35. The molecule has 0 radical (unpaired) electrons. The Balaban J connectivity index is 1.81. The third-order valence-electron chi connectivity index (χ3n) is 7.39. The summed E-state index contributed by atoms with van der Waals surface area (Å²) < 4.78 is 0. The minimum Gasteiger partial charge on any atom is -0.297 e.